The van der Waals surface area contributed by atoms with E-state index in [0.29, 0.717) is 17.5 Å². The Bertz CT molecular complexity index is 482. The minimum absolute atomic E-state index is 0.237. The van der Waals surface area contributed by atoms with Crippen molar-refractivity contribution in [3.63, 3.8) is 0 Å². The topological polar surface area (TPSA) is 72.2 Å². The highest BCUT2D eigenvalue weighted by Crippen LogP contribution is 2.25. The Morgan fingerprint density at radius 1 is 1.47 bits per heavy atom. The predicted octanol–water partition coefficient (Wildman–Crippen LogP) is 1.44. The number of anilines is 1. The number of rotatable bonds is 4. The third-order valence-electron chi connectivity index (χ3n) is 2.69. The van der Waals surface area contributed by atoms with Crippen molar-refractivity contribution in [3.8, 4) is 0 Å². The second-order valence-corrected chi connectivity index (χ2v) is 7.23. The summed E-state index contributed by atoms with van der Waals surface area (Å²) in [6, 6.07) is 6.35. The van der Waals surface area contributed by atoms with E-state index < -0.39 is 10.0 Å². The maximum absolute atomic E-state index is 12.0. The van der Waals surface area contributed by atoms with Crippen LogP contribution in [0.15, 0.2) is 29.2 Å². The molecule has 6 heteroatoms. The number of thioether (sulfide) groups is 1. The quantitative estimate of drug-likeness (QED) is 0.814. The summed E-state index contributed by atoms with van der Waals surface area (Å²) in [5.74, 6) is 1.13. The fraction of sp³-hybridized carbons (Fsp3) is 0.455. The Morgan fingerprint density at radius 2 is 2.29 bits per heavy atom. The van der Waals surface area contributed by atoms with Crippen molar-refractivity contribution in [2.75, 3.05) is 18.0 Å². The summed E-state index contributed by atoms with van der Waals surface area (Å²) in [5.41, 5.74) is 6.04. The molecule has 1 aromatic rings. The summed E-state index contributed by atoms with van der Waals surface area (Å²) in [6.07, 6.45) is 2.26. The second-order valence-electron chi connectivity index (χ2n) is 4.06. The standard InChI is InChI=1S/C11H16N2O2S2/c12-9-3-1-5-11(7-9)17(14,15)13-8-10-4-2-6-16-10/h1,3,5,7,10,13H,2,4,6,8,12H2. The Kier molecular flexibility index (Phi) is 3.96. The normalized spacial score (nSPS) is 20.6. The van der Waals surface area contributed by atoms with Gasteiger partial charge in [-0.05, 0) is 36.8 Å². The van der Waals surface area contributed by atoms with Gasteiger partial charge in [-0.15, -0.1) is 0 Å². The molecule has 0 aromatic heterocycles. The number of nitrogens with two attached hydrogens (primary N) is 1. The molecule has 0 radical (unpaired) electrons. The first-order valence-electron chi connectivity index (χ1n) is 5.55. The van der Waals surface area contributed by atoms with E-state index in [1.165, 1.54) is 12.5 Å². The number of hydrogen-bond donors (Lipinski definition) is 2. The molecule has 1 aliphatic heterocycles. The molecule has 0 bridgehead atoms. The molecule has 3 N–H and O–H groups in total. The molecular weight excluding hydrogens is 256 g/mol. The van der Waals surface area contributed by atoms with Crippen molar-refractivity contribution < 1.29 is 8.42 Å². The third kappa shape index (κ3) is 3.37. The molecule has 1 saturated heterocycles. The average Bonchev–Trinajstić information content (AvgIpc) is 2.79. The van der Waals surface area contributed by atoms with Gasteiger partial charge in [-0.3, -0.25) is 0 Å². The van der Waals surface area contributed by atoms with Crippen molar-refractivity contribution in [3.05, 3.63) is 24.3 Å². The fourth-order valence-corrected chi connectivity index (χ4v) is 4.22. The van der Waals surface area contributed by atoms with Gasteiger partial charge in [0.15, 0.2) is 0 Å². The Balaban J connectivity index is 2.03. The van der Waals surface area contributed by atoms with Crippen molar-refractivity contribution >= 4 is 27.5 Å². The Morgan fingerprint density at radius 3 is 2.94 bits per heavy atom. The molecule has 4 nitrogen and oxygen atoms in total. The van der Waals surface area contributed by atoms with E-state index in [2.05, 4.69) is 4.72 Å². The second kappa shape index (κ2) is 5.29. The summed E-state index contributed by atoms with van der Waals surface area (Å²) in [5, 5.41) is 0.408. The molecule has 2 rings (SSSR count). The minimum Gasteiger partial charge on any atom is -0.399 e. The summed E-state index contributed by atoms with van der Waals surface area (Å²) in [6.45, 7) is 0.502. The zero-order valence-electron chi connectivity index (χ0n) is 9.43. The maximum Gasteiger partial charge on any atom is 0.240 e. The van der Waals surface area contributed by atoms with Crippen LogP contribution in [0.4, 0.5) is 5.69 Å². The highest BCUT2D eigenvalue weighted by Gasteiger charge is 2.20. The SMILES string of the molecule is Nc1cccc(S(=O)(=O)NCC2CCCS2)c1. The van der Waals surface area contributed by atoms with Crippen molar-refractivity contribution in [1.29, 1.82) is 0 Å². The highest BCUT2D eigenvalue weighted by molar-refractivity contribution is 8.00. The first-order chi connectivity index (χ1) is 8.08. The number of nitrogen functional groups attached to an aromatic ring is 1. The summed E-state index contributed by atoms with van der Waals surface area (Å²) < 4.78 is 26.6. The minimum atomic E-state index is -3.41. The molecule has 0 amide bonds. The molecule has 94 valence electrons. The van der Waals surface area contributed by atoms with E-state index in [0.717, 1.165) is 12.2 Å². The Hall–Kier alpha value is -0.720. The molecule has 1 heterocycles. The van der Waals surface area contributed by atoms with Crippen LogP contribution in [0.3, 0.4) is 0 Å². The molecule has 17 heavy (non-hydrogen) atoms. The lowest BCUT2D eigenvalue weighted by molar-refractivity contribution is 0.579. The average molecular weight is 272 g/mol. The first kappa shape index (κ1) is 12.7. The lowest BCUT2D eigenvalue weighted by Crippen LogP contribution is -2.29. The van der Waals surface area contributed by atoms with Gasteiger partial charge >= 0.3 is 0 Å². The number of sulfonamides is 1. The lowest BCUT2D eigenvalue weighted by Gasteiger charge is -2.11. The molecular formula is C11H16N2O2S2. The number of nitrogens with one attached hydrogen (secondary N) is 1. The molecule has 0 saturated carbocycles. The molecule has 1 aliphatic rings. The molecule has 1 aromatic carbocycles. The number of hydrogen-bond acceptors (Lipinski definition) is 4. The molecule has 0 aliphatic carbocycles. The van der Waals surface area contributed by atoms with Crippen LogP contribution in [0.2, 0.25) is 0 Å². The van der Waals surface area contributed by atoms with Crippen LogP contribution < -0.4 is 10.5 Å². The molecule has 1 fully saturated rings. The van der Waals surface area contributed by atoms with E-state index in [1.807, 2.05) is 11.8 Å². The number of benzene rings is 1. The fourth-order valence-electron chi connectivity index (χ4n) is 1.77. The van der Waals surface area contributed by atoms with Crippen LogP contribution in [-0.2, 0) is 10.0 Å². The van der Waals surface area contributed by atoms with Crippen LogP contribution in [0.5, 0.6) is 0 Å². The van der Waals surface area contributed by atoms with Gasteiger partial charge in [-0.25, -0.2) is 13.1 Å². The highest BCUT2D eigenvalue weighted by atomic mass is 32.2. The third-order valence-corrected chi connectivity index (χ3v) is 5.51. The zero-order valence-corrected chi connectivity index (χ0v) is 11.1. The van der Waals surface area contributed by atoms with Crippen LogP contribution in [0, 0.1) is 0 Å². The van der Waals surface area contributed by atoms with Gasteiger partial charge in [0, 0.05) is 17.5 Å². The van der Waals surface area contributed by atoms with Gasteiger partial charge in [0.2, 0.25) is 10.0 Å². The molecule has 1 atom stereocenters. The summed E-state index contributed by atoms with van der Waals surface area (Å²) in [7, 11) is -3.41. The van der Waals surface area contributed by atoms with Gasteiger partial charge in [0.1, 0.15) is 0 Å². The smallest absolute Gasteiger partial charge is 0.240 e. The van der Waals surface area contributed by atoms with E-state index in [9.17, 15) is 8.42 Å². The van der Waals surface area contributed by atoms with Gasteiger partial charge in [0.05, 0.1) is 4.90 Å². The van der Waals surface area contributed by atoms with Crippen LogP contribution in [0.25, 0.3) is 0 Å². The monoisotopic (exact) mass is 272 g/mol. The van der Waals surface area contributed by atoms with E-state index in [4.69, 9.17) is 5.73 Å². The molecule has 1 unspecified atom stereocenters. The van der Waals surface area contributed by atoms with Gasteiger partial charge in [-0.2, -0.15) is 11.8 Å². The van der Waals surface area contributed by atoms with E-state index in [-0.39, 0.29) is 4.90 Å². The summed E-state index contributed by atoms with van der Waals surface area (Å²) >= 11 is 1.83. The first-order valence-corrected chi connectivity index (χ1v) is 8.08. The zero-order chi connectivity index (χ0) is 12.3. The Labute approximate surface area is 106 Å². The van der Waals surface area contributed by atoms with Crippen molar-refractivity contribution in [2.24, 2.45) is 0 Å². The van der Waals surface area contributed by atoms with Crippen LogP contribution in [-0.4, -0.2) is 26.0 Å². The van der Waals surface area contributed by atoms with E-state index in [1.54, 1.807) is 18.2 Å². The molecule has 0 spiro atoms. The van der Waals surface area contributed by atoms with Crippen molar-refractivity contribution in [2.45, 2.75) is 23.0 Å². The van der Waals surface area contributed by atoms with Crippen molar-refractivity contribution in [1.82, 2.24) is 4.72 Å². The largest absolute Gasteiger partial charge is 0.399 e. The maximum atomic E-state index is 12.0. The predicted molar refractivity (Wildman–Crippen MR) is 71.5 cm³/mol. The lowest BCUT2D eigenvalue weighted by atomic mass is 10.2. The van der Waals surface area contributed by atoms with Gasteiger partial charge in [-0.1, -0.05) is 6.07 Å². The van der Waals surface area contributed by atoms with Crippen LogP contribution in [0.1, 0.15) is 12.8 Å². The summed E-state index contributed by atoms with van der Waals surface area (Å²) in [4.78, 5) is 0.237. The van der Waals surface area contributed by atoms with Gasteiger partial charge in [0.25, 0.3) is 0 Å². The van der Waals surface area contributed by atoms with E-state index >= 15 is 0 Å². The van der Waals surface area contributed by atoms with Crippen LogP contribution >= 0.6 is 11.8 Å². The van der Waals surface area contributed by atoms with Gasteiger partial charge < -0.3 is 5.73 Å².